The Labute approximate surface area is 136 Å². The lowest BCUT2D eigenvalue weighted by Gasteiger charge is -2.17. The van der Waals surface area contributed by atoms with Gasteiger partial charge in [-0.1, -0.05) is 18.0 Å². The zero-order chi connectivity index (χ0) is 15.9. The summed E-state index contributed by atoms with van der Waals surface area (Å²) in [5.74, 6) is 0.666. The number of hydrogen-bond acceptors (Lipinski definition) is 6. The first kappa shape index (κ1) is 14.5. The third-order valence-electron chi connectivity index (χ3n) is 4.18. The molecule has 3 aromatic rings. The number of aromatic nitrogens is 3. The Morgan fingerprint density at radius 1 is 1.13 bits per heavy atom. The van der Waals surface area contributed by atoms with Gasteiger partial charge in [-0.05, 0) is 37.1 Å². The van der Waals surface area contributed by atoms with Crippen LogP contribution in [0.2, 0.25) is 0 Å². The van der Waals surface area contributed by atoms with Gasteiger partial charge in [0.15, 0.2) is 5.82 Å². The van der Waals surface area contributed by atoms with E-state index in [9.17, 15) is 4.39 Å². The molecule has 5 nitrogen and oxygen atoms in total. The molecule has 0 atom stereocenters. The highest BCUT2D eigenvalue weighted by Gasteiger charge is 2.36. The molecule has 1 saturated carbocycles. The molecule has 4 rings (SSSR count). The molecule has 118 valence electrons. The van der Waals surface area contributed by atoms with Crippen molar-refractivity contribution >= 4 is 11.3 Å². The van der Waals surface area contributed by atoms with Crippen molar-refractivity contribution in [2.45, 2.75) is 31.2 Å². The van der Waals surface area contributed by atoms with Gasteiger partial charge in [-0.25, -0.2) is 9.37 Å². The SMILES string of the molecule is NC1(c2noc(-c3csc(-c4ccc(F)cc4)n3)n2)CCCC1. The van der Waals surface area contributed by atoms with Crippen molar-refractivity contribution in [3.8, 4) is 22.2 Å². The minimum atomic E-state index is -0.475. The number of benzene rings is 1. The van der Waals surface area contributed by atoms with Crippen LogP contribution in [0.3, 0.4) is 0 Å². The highest BCUT2D eigenvalue weighted by Crippen LogP contribution is 2.36. The van der Waals surface area contributed by atoms with Gasteiger partial charge >= 0.3 is 0 Å². The highest BCUT2D eigenvalue weighted by molar-refractivity contribution is 7.13. The van der Waals surface area contributed by atoms with Crippen molar-refractivity contribution in [1.82, 2.24) is 15.1 Å². The normalized spacial score (nSPS) is 16.8. The number of thiazole rings is 1. The second-order valence-corrected chi connectivity index (χ2v) is 6.69. The molecule has 0 amide bonds. The Morgan fingerprint density at radius 3 is 2.61 bits per heavy atom. The Kier molecular flexibility index (Phi) is 3.46. The van der Waals surface area contributed by atoms with Crippen LogP contribution in [-0.4, -0.2) is 15.1 Å². The predicted molar refractivity (Wildman–Crippen MR) is 85.1 cm³/mol. The topological polar surface area (TPSA) is 77.8 Å². The lowest BCUT2D eigenvalue weighted by Crippen LogP contribution is -2.34. The summed E-state index contributed by atoms with van der Waals surface area (Å²) in [6.07, 6.45) is 3.94. The Morgan fingerprint density at radius 2 is 1.87 bits per heavy atom. The van der Waals surface area contributed by atoms with E-state index >= 15 is 0 Å². The van der Waals surface area contributed by atoms with Crippen LogP contribution in [0.25, 0.3) is 22.2 Å². The first-order valence-corrected chi connectivity index (χ1v) is 8.37. The summed E-state index contributed by atoms with van der Waals surface area (Å²) in [6.45, 7) is 0. The van der Waals surface area contributed by atoms with E-state index in [0.29, 0.717) is 17.4 Å². The van der Waals surface area contributed by atoms with Crippen LogP contribution in [0.15, 0.2) is 34.2 Å². The van der Waals surface area contributed by atoms with Crippen LogP contribution in [-0.2, 0) is 5.54 Å². The average molecular weight is 330 g/mol. The second-order valence-electron chi connectivity index (χ2n) is 5.83. The quantitative estimate of drug-likeness (QED) is 0.792. The fourth-order valence-electron chi connectivity index (χ4n) is 2.86. The predicted octanol–water partition coefficient (Wildman–Crippen LogP) is 3.73. The molecular weight excluding hydrogens is 315 g/mol. The van der Waals surface area contributed by atoms with Gasteiger partial charge in [-0.2, -0.15) is 4.98 Å². The maximum atomic E-state index is 13.0. The van der Waals surface area contributed by atoms with Gasteiger partial charge in [-0.3, -0.25) is 0 Å². The fourth-order valence-corrected chi connectivity index (χ4v) is 3.66. The molecule has 0 aliphatic heterocycles. The van der Waals surface area contributed by atoms with Gasteiger partial charge in [0.25, 0.3) is 5.89 Å². The average Bonchev–Trinajstić information content (AvgIpc) is 3.28. The lowest BCUT2D eigenvalue weighted by atomic mass is 9.99. The fraction of sp³-hybridized carbons (Fsp3) is 0.312. The zero-order valence-electron chi connectivity index (χ0n) is 12.3. The maximum Gasteiger partial charge on any atom is 0.277 e. The van der Waals surface area contributed by atoms with E-state index in [1.807, 2.05) is 5.38 Å². The van der Waals surface area contributed by atoms with Crippen molar-refractivity contribution < 1.29 is 8.91 Å². The van der Waals surface area contributed by atoms with E-state index in [4.69, 9.17) is 10.3 Å². The monoisotopic (exact) mass is 330 g/mol. The lowest BCUT2D eigenvalue weighted by molar-refractivity contribution is 0.372. The third kappa shape index (κ3) is 2.66. The molecule has 2 heterocycles. The minimum Gasteiger partial charge on any atom is -0.332 e. The molecular formula is C16H15FN4OS. The van der Waals surface area contributed by atoms with E-state index in [1.165, 1.54) is 23.5 Å². The van der Waals surface area contributed by atoms with E-state index in [-0.39, 0.29) is 5.82 Å². The van der Waals surface area contributed by atoms with E-state index in [0.717, 1.165) is 36.3 Å². The van der Waals surface area contributed by atoms with Gasteiger partial charge in [-0.15, -0.1) is 11.3 Å². The number of nitrogens with zero attached hydrogens (tertiary/aromatic N) is 3. The number of rotatable bonds is 3. The summed E-state index contributed by atoms with van der Waals surface area (Å²) in [6, 6.07) is 6.23. The van der Waals surface area contributed by atoms with Crippen LogP contribution in [0.5, 0.6) is 0 Å². The molecule has 7 heteroatoms. The van der Waals surface area contributed by atoms with Crippen LogP contribution in [0.1, 0.15) is 31.5 Å². The highest BCUT2D eigenvalue weighted by atomic mass is 32.1. The second kappa shape index (κ2) is 5.50. The van der Waals surface area contributed by atoms with Gasteiger partial charge in [0.05, 0.1) is 5.54 Å². The van der Waals surface area contributed by atoms with Gasteiger partial charge in [0, 0.05) is 10.9 Å². The van der Waals surface area contributed by atoms with E-state index in [1.54, 1.807) is 12.1 Å². The molecule has 1 fully saturated rings. The number of nitrogens with two attached hydrogens (primary N) is 1. The van der Waals surface area contributed by atoms with Crippen molar-refractivity contribution in [2.75, 3.05) is 0 Å². The molecule has 2 N–H and O–H groups in total. The maximum absolute atomic E-state index is 13.0. The molecule has 1 aliphatic rings. The van der Waals surface area contributed by atoms with E-state index in [2.05, 4.69) is 15.1 Å². The van der Waals surface area contributed by atoms with Crippen LogP contribution < -0.4 is 5.73 Å². The van der Waals surface area contributed by atoms with Crippen molar-refractivity contribution in [3.05, 3.63) is 41.3 Å². The molecule has 0 radical (unpaired) electrons. The van der Waals surface area contributed by atoms with Crippen LogP contribution in [0.4, 0.5) is 4.39 Å². The number of hydrogen-bond donors (Lipinski definition) is 1. The number of halogens is 1. The third-order valence-corrected chi connectivity index (χ3v) is 5.07. The van der Waals surface area contributed by atoms with Crippen molar-refractivity contribution in [1.29, 1.82) is 0 Å². The van der Waals surface area contributed by atoms with Gasteiger partial charge in [0.2, 0.25) is 0 Å². The summed E-state index contributed by atoms with van der Waals surface area (Å²) >= 11 is 1.45. The molecule has 0 spiro atoms. The molecule has 1 aliphatic carbocycles. The largest absolute Gasteiger partial charge is 0.332 e. The first-order chi connectivity index (χ1) is 11.1. The summed E-state index contributed by atoms with van der Waals surface area (Å²) < 4.78 is 18.3. The first-order valence-electron chi connectivity index (χ1n) is 7.49. The molecule has 2 aromatic heterocycles. The Bertz CT molecular complexity index is 821. The Hall–Kier alpha value is -2.12. The summed E-state index contributed by atoms with van der Waals surface area (Å²) in [5, 5.41) is 6.68. The standard InChI is InChI=1S/C16H15FN4OS/c17-11-5-3-10(4-6-11)14-19-12(9-23-14)13-20-15(21-22-13)16(18)7-1-2-8-16/h3-6,9H,1-2,7-8,18H2. The molecule has 0 bridgehead atoms. The molecule has 0 unspecified atom stereocenters. The summed E-state index contributed by atoms with van der Waals surface area (Å²) in [7, 11) is 0. The van der Waals surface area contributed by atoms with E-state index < -0.39 is 5.54 Å². The zero-order valence-corrected chi connectivity index (χ0v) is 13.1. The van der Waals surface area contributed by atoms with Crippen LogP contribution >= 0.6 is 11.3 Å². The molecule has 1 aromatic carbocycles. The van der Waals surface area contributed by atoms with Crippen LogP contribution in [0, 0.1) is 5.82 Å². The summed E-state index contributed by atoms with van der Waals surface area (Å²) in [5.41, 5.74) is 7.34. The van der Waals surface area contributed by atoms with Crippen molar-refractivity contribution in [2.24, 2.45) is 5.73 Å². The van der Waals surface area contributed by atoms with Gasteiger partial charge in [0.1, 0.15) is 16.5 Å². The Balaban J connectivity index is 1.62. The van der Waals surface area contributed by atoms with Crippen molar-refractivity contribution in [3.63, 3.8) is 0 Å². The smallest absolute Gasteiger partial charge is 0.277 e. The van der Waals surface area contributed by atoms with Gasteiger partial charge < -0.3 is 10.3 Å². The molecule has 0 saturated heterocycles. The summed E-state index contributed by atoms with van der Waals surface area (Å²) in [4.78, 5) is 8.94. The minimum absolute atomic E-state index is 0.267. The molecule has 23 heavy (non-hydrogen) atoms.